The van der Waals surface area contributed by atoms with Crippen molar-refractivity contribution in [2.24, 2.45) is 0 Å². The fourth-order valence-electron chi connectivity index (χ4n) is 2.80. The second-order valence-electron chi connectivity index (χ2n) is 5.71. The molecule has 1 amide bonds. The maximum Gasteiger partial charge on any atom is 0.255 e. The summed E-state index contributed by atoms with van der Waals surface area (Å²) in [6, 6.07) is 3.57. The first-order valence-corrected chi connectivity index (χ1v) is 7.81. The smallest absolute Gasteiger partial charge is 0.255 e. The number of pyridine rings is 1. The molecule has 24 heavy (non-hydrogen) atoms. The molecule has 2 atom stereocenters. The van der Waals surface area contributed by atoms with Crippen LogP contribution in [0, 0.1) is 13.8 Å². The molecule has 3 rings (SSSR count). The van der Waals surface area contributed by atoms with Crippen LogP contribution in [0.4, 0.5) is 0 Å². The van der Waals surface area contributed by atoms with Gasteiger partial charge in [0.25, 0.3) is 5.91 Å². The van der Waals surface area contributed by atoms with Gasteiger partial charge in [0.2, 0.25) is 5.88 Å². The number of ether oxygens (including phenoxy) is 2. The fraction of sp³-hybridized carbons (Fsp3) is 0.412. The van der Waals surface area contributed by atoms with E-state index in [1.807, 2.05) is 6.07 Å². The van der Waals surface area contributed by atoms with Gasteiger partial charge in [-0.2, -0.15) is 0 Å². The summed E-state index contributed by atoms with van der Waals surface area (Å²) in [7, 11) is 1.57. The Morgan fingerprint density at radius 3 is 2.79 bits per heavy atom. The first kappa shape index (κ1) is 16.3. The van der Waals surface area contributed by atoms with Gasteiger partial charge in [0.05, 0.1) is 24.4 Å². The van der Waals surface area contributed by atoms with Crippen LogP contribution in [-0.4, -0.2) is 40.6 Å². The van der Waals surface area contributed by atoms with Crippen molar-refractivity contribution >= 4 is 5.91 Å². The Labute approximate surface area is 140 Å². The summed E-state index contributed by atoms with van der Waals surface area (Å²) in [5.74, 6) is 1.01. The largest absolute Gasteiger partial charge is 0.481 e. The first-order chi connectivity index (χ1) is 11.6. The predicted octanol–water partition coefficient (Wildman–Crippen LogP) is 1.76. The Morgan fingerprint density at radius 2 is 2.12 bits per heavy atom. The maximum atomic E-state index is 12.5. The third-order valence-corrected chi connectivity index (χ3v) is 4.05. The number of aryl methyl sites for hydroxylation is 2. The Hall–Kier alpha value is -2.54. The zero-order chi connectivity index (χ0) is 17.1. The van der Waals surface area contributed by atoms with Crippen molar-refractivity contribution in [1.82, 2.24) is 20.3 Å². The highest BCUT2D eigenvalue weighted by Gasteiger charge is 2.31. The quantitative estimate of drug-likeness (QED) is 0.920. The van der Waals surface area contributed by atoms with Gasteiger partial charge in [-0.15, -0.1) is 0 Å². The normalized spacial score (nSPS) is 20.0. The molecule has 2 aromatic heterocycles. The number of nitrogens with zero attached hydrogens (tertiary/aromatic N) is 3. The van der Waals surface area contributed by atoms with Crippen molar-refractivity contribution in [2.45, 2.75) is 32.4 Å². The molecule has 0 aliphatic carbocycles. The maximum absolute atomic E-state index is 12.5. The number of amides is 1. The molecule has 1 saturated heterocycles. The van der Waals surface area contributed by atoms with E-state index in [1.165, 1.54) is 0 Å². The van der Waals surface area contributed by atoms with Crippen molar-refractivity contribution in [1.29, 1.82) is 0 Å². The summed E-state index contributed by atoms with van der Waals surface area (Å²) >= 11 is 0. The Morgan fingerprint density at radius 1 is 1.29 bits per heavy atom. The van der Waals surface area contributed by atoms with Gasteiger partial charge in [-0.05, 0) is 26.3 Å². The summed E-state index contributed by atoms with van der Waals surface area (Å²) in [6.45, 7) is 4.19. The molecule has 2 aromatic rings. The van der Waals surface area contributed by atoms with E-state index in [9.17, 15) is 4.79 Å². The minimum atomic E-state index is -0.223. The molecular formula is C17H20N4O3. The summed E-state index contributed by atoms with van der Waals surface area (Å²) in [5, 5.41) is 3.03. The highest BCUT2D eigenvalue weighted by atomic mass is 16.5. The van der Waals surface area contributed by atoms with Gasteiger partial charge < -0.3 is 14.8 Å². The molecule has 7 heteroatoms. The van der Waals surface area contributed by atoms with Crippen LogP contribution in [0.15, 0.2) is 24.5 Å². The Kier molecular flexibility index (Phi) is 4.71. The van der Waals surface area contributed by atoms with Crippen LogP contribution in [0.25, 0.3) is 0 Å². The molecule has 3 heterocycles. The van der Waals surface area contributed by atoms with Gasteiger partial charge in [-0.3, -0.25) is 4.79 Å². The van der Waals surface area contributed by atoms with Gasteiger partial charge in [-0.1, -0.05) is 0 Å². The number of carbonyl (C=O) groups is 1. The van der Waals surface area contributed by atoms with E-state index >= 15 is 0 Å². The van der Waals surface area contributed by atoms with E-state index in [2.05, 4.69) is 20.3 Å². The standard InChI is InChI=1S/C17H20N4O3/c1-10-13(9-18-11(2)20-10)17(22)21-14-6-7-24-16(14)12-4-5-15(23-3)19-8-12/h4-5,8-9,14,16H,6-7H2,1-3H3,(H,21,22)/t14-,16+/m0/s1. The highest BCUT2D eigenvalue weighted by molar-refractivity contribution is 5.95. The SMILES string of the molecule is COc1ccc([C@H]2OCC[C@@H]2NC(=O)c2cnc(C)nc2C)cn1. The third-order valence-electron chi connectivity index (χ3n) is 4.05. The van der Waals surface area contributed by atoms with E-state index in [4.69, 9.17) is 9.47 Å². The molecule has 126 valence electrons. The Balaban J connectivity index is 1.74. The van der Waals surface area contributed by atoms with Crippen LogP contribution < -0.4 is 10.1 Å². The molecule has 0 aromatic carbocycles. The van der Waals surface area contributed by atoms with Gasteiger partial charge in [0, 0.05) is 30.6 Å². The van der Waals surface area contributed by atoms with Crippen molar-refractivity contribution in [3.63, 3.8) is 0 Å². The minimum absolute atomic E-state index is 0.117. The van der Waals surface area contributed by atoms with Crippen molar-refractivity contribution in [3.05, 3.63) is 47.2 Å². The second-order valence-corrected chi connectivity index (χ2v) is 5.71. The molecular weight excluding hydrogens is 308 g/mol. The summed E-state index contributed by atoms with van der Waals surface area (Å²) < 4.78 is 10.9. The van der Waals surface area contributed by atoms with E-state index in [-0.39, 0.29) is 18.1 Å². The molecule has 0 unspecified atom stereocenters. The Bertz CT molecular complexity index is 733. The molecule has 1 N–H and O–H groups in total. The number of carbonyl (C=O) groups excluding carboxylic acids is 1. The molecule has 1 aliphatic heterocycles. The van der Waals surface area contributed by atoms with Gasteiger partial charge in [0.15, 0.2) is 0 Å². The molecule has 0 spiro atoms. The summed E-state index contributed by atoms with van der Waals surface area (Å²) in [4.78, 5) is 25.1. The van der Waals surface area contributed by atoms with Crippen LogP contribution in [0.5, 0.6) is 5.88 Å². The fourth-order valence-corrected chi connectivity index (χ4v) is 2.80. The average molecular weight is 328 g/mol. The number of rotatable bonds is 4. The topological polar surface area (TPSA) is 86.2 Å². The monoisotopic (exact) mass is 328 g/mol. The minimum Gasteiger partial charge on any atom is -0.481 e. The summed E-state index contributed by atoms with van der Waals surface area (Å²) in [5.41, 5.74) is 2.07. The summed E-state index contributed by atoms with van der Waals surface area (Å²) in [6.07, 6.45) is 3.80. The van der Waals surface area contributed by atoms with E-state index in [0.717, 1.165) is 12.0 Å². The zero-order valence-electron chi connectivity index (χ0n) is 13.9. The number of aromatic nitrogens is 3. The van der Waals surface area contributed by atoms with Gasteiger partial charge in [-0.25, -0.2) is 15.0 Å². The van der Waals surface area contributed by atoms with Gasteiger partial charge in [0.1, 0.15) is 11.9 Å². The number of hydrogen-bond donors (Lipinski definition) is 1. The van der Waals surface area contributed by atoms with Crippen molar-refractivity contribution in [3.8, 4) is 5.88 Å². The third kappa shape index (κ3) is 3.35. The molecule has 0 saturated carbocycles. The van der Waals surface area contributed by atoms with Crippen LogP contribution in [0.2, 0.25) is 0 Å². The zero-order valence-corrected chi connectivity index (χ0v) is 13.9. The van der Waals surface area contributed by atoms with E-state index in [1.54, 1.807) is 39.4 Å². The van der Waals surface area contributed by atoms with Crippen molar-refractivity contribution in [2.75, 3.05) is 13.7 Å². The molecule has 1 aliphatic rings. The van der Waals surface area contributed by atoms with Crippen LogP contribution in [0.3, 0.4) is 0 Å². The number of methoxy groups -OCH3 is 1. The number of hydrogen-bond acceptors (Lipinski definition) is 6. The molecule has 0 bridgehead atoms. The predicted molar refractivity (Wildman–Crippen MR) is 86.9 cm³/mol. The van der Waals surface area contributed by atoms with E-state index in [0.29, 0.717) is 29.6 Å². The average Bonchev–Trinajstić information content (AvgIpc) is 3.03. The molecule has 1 fully saturated rings. The van der Waals surface area contributed by atoms with Gasteiger partial charge >= 0.3 is 0 Å². The van der Waals surface area contributed by atoms with Crippen LogP contribution >= 0.6 is 0 Å². The lowest BCUT2D eigenvalue weighted by Crippen LogP contribution is -2.37. The lowest BCUT2D eigenvalue weighted by Gasteiger charge is -2.20. The molecule has 7 nitrogen and oxygen atoms in total. The highest BCUT2D eigenvalue weighted by Crippen LogP contribution is 2.29. The molecule has 0 radical (unpaired) electrons. The van der Waals surface area contributed by atoms with Crippen molar-refractivity contribution < 1.29 is 14.3 Å². The van der Waals surface area contributed by atoms with E-state index < -0.39 is 0 Å². The van der Waals surface area contributed by atoms with Crippen LogP contribution in [0.1, 0.15) is 40.0 Å². The lowest BCUT2D eigenvalue weighted by atomic mass is 10.0. The number of nitrogens with one attached hydrogen (secondary N) is 1. The lowest BCUT2D eigenvalue weighted by molar-refractivity contribution is 0.0819. The van der Waals surface area contributed by atoms with Crippen LogP contribution in [-0.2, 0) is 4.74 Å². The first-order valence-electron chi connectivity index (χ1n) is 7.81. The second kappa shape index (κ2) is 6.92.